The monoisotopic (exact) mass is 394 g/mol. The number of halogens is 4. The Morgan fingerprint density at radius 1 is 0.926 bits per heavy atom. The van der Waals surface area contributed by atoms with E-state index in [0.717, 1.165) is 12.8 Å². The smallest absolute Gasteiger partial charge is 0.316 e. The minimum atomic E-state index is -4.29. The molecule has 2 aliphatic heterocycles. The Morgan fingerprint density at radius 2 is 1.48 bits per heavy atom. The Morgan fingerprint density at radius 3 is 2.04 bits per heavy atom. The van der Waals surface area contributed by atoms with Crippen molar-refractivity contribution in [2.45, 2.75) is 65.2 Å². The Labute approximate surface area is 158 Å². The maximum atomic E-state index is 13.2. The molecule has 1 unspecified atom stereocenters. The standard InChI is InChI=1S/C19H30F4N2O2/c1-18(2,3)8-15(26)25-11-14(12-25)13-6-4-5-7-24(10-13)16(27)9-19(22,23)17(20)21/h13-14,17H,4-12H2,1-3H3. The molecular weight excluding hydrogens is 364 g/mol. The van der Waals surface area contributed by atoms with Crippen molar-refractivity contribution in [2.75, 3.05) is 26.2 Å². The molecule has 1 atom stereocenters. The third kappa shape index (κ3) is 6.07. The fraction of sp³-hybridized carbons (Fsp3) is 0.895. The van der Waals surface area contributed by atoms with Crippen molar-refractivity contribution in [3.8, 4) is 0 Å². The Hall–Kier alpha value is -1.34. The van der Waals surface area contributed by atoms with Crippen molar-refractivity contribution in [3.05, 3.63) is 0 Å². The first-order valence-electron chi connectivity index (χ1n) is 9.60. The number of nitrogens with zero attached hydrogens (tertiary/aromatic N) is 2. The van der Waals surface area contributed by atoms with Gasteiger partial charge in [-0.05, 0) is 30.1 Å². The van der Waals surface area contributed by atoms with Gasteiger partial charge in [-0.25, -0.2) is 8.78 Å². The summed E-state index contributed by atoms with van der Waals surface area (Å²) in [5, 5.41) is 0. The summed E-state index contributed by atoms with van der Waals surface area (Å²) in [5.41, 5.74) is -0.0797. The lowest BCUT2D eigenvalue weighted by Gasteiger charge is -2.45. The molecule has 0 radical (unpaired) electrons. The normalized spacial score (nSPS) is 22.6. The molecule has 0 aliphatic carbocycles. The number of carbonyl (C=O) groups excluding carboxylic acids is 2. The van der Waals surface area contributed by atoms with Crippen LogP contribution >= 0.6 is 0 Å². The first-order valence-corrected chi connectivity index (χ1v) is 9.60. The number of rotatable bonds is 5. The predicted octanol–water partition coefficient (Wildman–Crippen LogP) is 3.80. The molecule has 0 aromatic rings. The molecule has 4 nitrogen and oxygen atoms in total. The van der Waals surface area contributed by atoms with Crippen LogP contribution in [-0.4, -0.2) is 60.1 Å². The molecule has 2 aliphatic rings. The highest BCUT2D eigenvalue weighted by Crippen LogP contribution is 2.33. The largest absolute Gasteiger partial charge is 0.342 e. The van der Waals surface area contributed by atoms with E-state index in [1.807, 2.05) is 20.8 Å². The molecule has 0 aromatic carbocycles. The van der Waals surface area contributed by atoms with E-state index in [-0.39, 0.29) is 23.2 Å². The molecule has 2 amide bonds. The molecule has 0 aromatic heterocycles. The Kier molecular flexibility index (Phi) is 6.79. The van der Waals surface area contributed by atoms with Crippen molar-refractivity contribution >= 4 is 11.8 Å². The summed E-state index contributed by atoms with van der Waals surface area (Å²) < 4.78 is 51.2. The van der Waals surface area contributed by atoms with Crippen LogP contribution in [0.15, 0.2) is 0 Å². The molecule has 0 spiro atoms. The topological polar surface area (TPSA) is 40.6 Å². The summed E-state index contributed by atoms with van der Waals surface area (Å²) in [6.07, 6.45) is -2.40. The van der Waals surface area contributed by atoms with Gasteiger partial charge < -0.3 is 9.80 Å². The van der Waals surface area contributed by atoms with Gasteiger partial charge in [0, 0.05) is 32.6 Å². The number of hydrogen-bond acceptors (Lipinski definition) is 2. The molecule has 2 rings (SSSR count). The van der Waals surface area contributed by atoms with Crippen molar-refractivity contribution in [1.29, 1.82) is 0 Å². The van der Waals surface area contributed by atoms with Crippen molar-refractivity contribution in [3.63, 3.8) is 0 Å². The molecule has 8 heteroatoms. The van der Waals surface area contributed by atoms with Crippen LogP contribution in [0.1, 0.15) is 52.9 Å². The fourth-order valence-electron chi connectivity index (χ4n) is 3.76. The average Bonchev–Trinajstić information content (AvgIpc) is 2.69. The molecular formula is C19H30F4N2O2. The number of alkyl halides is 4. The second-order valence-electron chi connectivity index (χ2n) is 9.13. The SMILES string of the molecule is CC(C)(C)CC(=O)N1CC(C2CCCCN(C(=O)CC(F)(F)C(F)F)C2)C1. The fourth-order valence-corrected chi connectivity index (χ4v) is 3.76. The third-order valence-electron chi connectivity index (χ3n) is 5.38. The van der Waals surface area contributed by atoms with Gasteiger partial charge in [-0.3, -0.25) is 9.59 Å². The first kappa shape index (κ1) is 22.0. The second kappa shape index (κ2) is 8.35. The third-order valence-corrected chi connectivity index (χ3v) is 5.38. The van der Waals surface area contributed by atoms with E-state index < -0.39 is 24.7 Å². The van der Waals surface area contributed by atoms with E-state index in [1.165, 1.54) is 4.90 Å². The molecule has 0 N–H and O–H groups in total. The van der Waals surface area contributed by atoms with E-state index in [0.29, 0.717) is 39.0 Å². The van der Waals surface area contributed by atoms with Crippen LogP contribution in [0.4, 0.5) is 17.6 Å². The number of hydrogen-bond donors (Lipinski definition) is 0. The highest BCUT2D eigenvalue weighted by Gasteiger charge is 2.45. The highest BCUT2D eigenvalue weighted by atomic mass is 19.3. The van der Waals surface area contributed by atoms with Gasteiger partial charge in [-0.1, -0.05) is 27.2 Å². The van der Waals surface area contributed by atoms with Gasteiger partial charge in [-0.2, -0.15) is 8.78 Å². The van der Waals surface area contributed by atoms with Gasteiger partial charge >= 0.3 is 12.3 Å². The van der Waals surface area contributed by atoms with Crippen molar-refractivity contribution < 1.29 is 27.2 Å². The van der Waals surface area contributed by atoms with Gasteiger partial charge in [0.25, 0.3) is 0 Å². The predicted molar refractivity (Wildman–Crippen MR) is 93.6 cm³/mol. The quantitative estimate of drug-likeness (QED) is 0.666. The summed E-state index contributed by atoms with van der Waals surface area (Å²) in [5.74, 6) is -4.73. The lowest BCUT2D eigenvalue weighted by molar-refractivity contribution is -0.159. The summed E-state index contributed by atoms with van der Waals surface area (Å²) in [6.45, 7) is 7.90. The van der Waals surface area contributed by atoms with Crippen LogP contribution in [0.3, 0.4) is 0 Å². The summed E-state index contributed by atoms with van der Waals surface area (Å²) >= 11 is 0. The zero-order chi connectivity index (χ0) is 20.4. The molecule has 156 valence electrons. The van der Waals surface area contributed by atoms with Crippen LogP contribution in [0.2, 0.25) is 0 Å². The lowest BCUT2D eigenvalue weighted by Crippen LogP contribution is -2.55. The second-order valence-corrected chi connectivity index (χ2v) is 9.13. The molecule has 2 heterocycles. The van der Waals surface area contributed by atoms with Crippen LogP contribution in [0.25, 0.3) is 0 Å². The molecule has 2 fully saturated rings. The van der Waals surface area contributed by atoms with Crippen LogP contribution in [0, 0.1) is 17.3 Å². The summed E-state index contributed by atoms with van der Waals surface area (Å²) in [4.78, 5) is 27.5. The van der Waals surface area contributed by atoms with Gasteiger partial charge in [0.05, 0.1) is 6.42 Å². The number of likely N-dealkylation sites (tertiary alicyclic amines) is 2. The molecule has 27 heavy (non-hydrogen) atoms. The highest BCUT2D eigenvalue weighted by molar-refractivity contribution is 5.78. The van der Waals surface area contributed by atoms with Gasteiger partial charge in [0.1, 0.15) is 0 Å². The van der Waals surface area contributed by atoms with Gasteiger partial charge in [-0.15, -0.1) is 0 Å². The number of carbonyl (C=O) groups is 2. The molecule has 2 saturated heterocycles. The van der Waals surface area contributed by atoms with E-state index >= 15 is 0 Å². The minimum Gasteiger partial charge on any atom is -0.342 e. The maximum absolute atomic E-state index is 13.2. The van der Waals surface area contributed by atoms with Gasteiger partial charge in [0.2, 0.25) is 11.8 Å². The molecule has 0 saturated carbocycles. The Bertz CT molecular complexity index is 542. The number of amides is 2. The van der Waals surface area contributed by atoms with Gasteiger partial charge in [0.15, 0.2) is 0 Å². The van der Waals surface area contributed by atoms with E-state index in [9.17, 15) is 27.2 Å². The maximum Gasteiger partial charge on any atom is 0.316 e. The van der Waals surface area contributed by atoms with E-state index in [1.54, 1.807) is 4.90 Å². The average molecular weight is 394 g/mol. The lowest BCUT2D eigenvalue weighted by atomic mass is 9.81. The Balaban J connectivity index is 1.88. The van der Waals surface area contributed by atoms with Crippen LogP contribution in [0.5, 0.6) is 0 Å². The minimum absolute atomic E-state index is 0.0797. The molecule has 0 bridgehead atoms. The summed E-state index contributed by atoms with van der Waals surface area (Å²) in [6, 6.07) is 0. The van der Waals surface area contributed by atoms with E-state index in [4.69, 9.17) is 0 Å². The zero-order valence-electron chi connectivity index (χ0n) is 16.3. The zero-order valence-corrected chi connectivity index (χ0v) is 16.3. The first-order chi connectivity index (χ1) is 12.4. The van der Waals surface area contributed by atoms with Crippen LogP contribution in [-0.2, 0) is 9.59 Å². The van der Waals surface area contributed by atoms with Crippen molar-refractivity contribution in [2.24, 2.45) is 17.3 Å². The van der Waals surface area contributed by atoms with Crippen LogP contribution < -0.4 is 0 Å². The summed E-state index contributed by atoms with van der Waals surface area (Å²) in [7, 11) is 0. The van der Waals surface area contributed by atoms with E-state index in [2.05, 4.69) is 0 Å². The van der Waals surface area contributed by atoms with Crippen molar-refractivity contribution in [1.82, 2.24) is 9.80 Å².